The van der Waals surface area contributed by atoms with Crippen LogP contribution in [0.25, 0.3) is 11.1 Å². The summed E-state index contributed by atoms with van der Waals surface area (Å²) in [6, 6.07) is 8.18. The van der Waals surface area contributed by atoms with Crippen molar-refractivity contribution in [3.8, 4) is 5.75 Å². The first-order valence-corrected chi connectivity index (χ1v) is 12.8. The third-order valence-electron chi connectivity index (χ3n) is 7.94. The van der Waals surface area contributed by atoms with Gasteiger partial charge in [-0.3, -0.25) is 14.9 Å². The molecule has 0 bridgehead atoms. The zero-order valence-electron chi connectivity index (χ0n) is 21.9. The highest BCUT2D eigenvalue weighted by molar-refractivity contribution is 6.08. The smallest absolute Gasteiger partial charge is 0.322 e. The highest BCUT2D eigenvalue weighted by atomic mass is 19.1. The Labute approximate surface area is 223 Å². The van der Waals surface area contributed by atoms with Crippen molar-refractivity contribution in [2.24, 2.45) is 0 Å². The zero-order valence-corrected chi connectivity index (χ0v) is 21.9. The number of halogens is 1. The molecule has 0 saturated carbocycles. The maximum absolute atomic E-state index is 14.9. The number of anilines is 1. The van der Waals surface area contributed by atoms with Crippen molar-refractivity contribution < 1.29 is 27.9 Å². The number of fused-ring (bicyclic) bond motifs is 2. The molecule has 3 aliphatic rings. The van der Waals surface area contributed by atoms with Gasteiger partial charge in [0.05, 0.1) is 19.2 Å². The van der Waals surface area contributed by atoms with E-state index < -0.39 is 29.2 Å². The number of urea groups is 1. The summed E-state index contributed by atoms with van der Waals surface area (Å²) >= 11 is 0. The molecular formula is C27H29FN6O5. The Kier molecular flexibility index (Phi) is 5.94. The quantitative estimate of drug-likeness (QED) is 0.460. The minimum absolute atomic E-state index is 0.0457. The molecule has 0 unspecified atom stereocenters. The Morgan fingerprint density at radius 3 is 2.62 bits per heavy atom. The maximum atomic E-state index is 14.9. The molecule has 3 aliphatic heterocycles. The van der Waals surface area contributed by atoms with Crippen molar-refractivity contribution in [2.45, 2.75) is 31.0 Å². The predicted molar refractivity (Wildman–Crippen MR) is 139 cm³/mol. The molecule has 1 aromatic carbocycles. The number of nitrogens with zero attached hydrogens (tertiary/aromatic N) is 4. The molecule has 2 saturated heterocycles. The SMILES string of the molecule is COc1ccc2c(c1F)C(=O)N(C[C@@]1(c3cc4nc(N5CCC(N(C)C)CC5)ccc4o3)NC(=O)NC1=O)C2. The number of aromatic nitrogens is 1. The fraction of sp³-hybridized carbons (Fsp3) is 0.407. The third-order valence-corrected chi connectivity index (χ3v) is 7.94. The molecule has 1 atom stereocenters. The zero-order chi connectivity index (χ0) is 27.5. The van der Waals surface area contributed by atoms with E-state index in [0.29, 0.717) is 22.7 Å². The Morgan fingerprint density at radius 1 is 1.18 bits per heavy atom. The van der Waals surface area contributed by atoms with E-state index in [9.17, 15) is 18.8 Å². The summed E-state index contributed by atoms with van der Waals surface area (Å²) in [5.41, 5.74) is -0.384. The van der Waals surface area contributed by atoms with Crippen LogP contribution in [-0.2, 0) is 16.9 Å². The van der Waals surface area contributed by atoms with Gasteiger partial charge in [-0.1, -0.05) is 6.07 Å². The van der Waals surface area contributed by atoms with Crippen molar-refractivity contribution in [1.82, 2.24) is 25.4 Å². The molecule has 204 valence electrons. The number of ether oxygens (including phenoxy) is 1. The van der Waals surface area contributed by atoms with Crippen LogP contribution in [0.3, 0.4) is 0 Å². The van der Waals surface area contributed by atoms with Crippen LogP contribution in [0.2, 0.25) is 0 Å². The van der Waals surface area contributed by atoms with Crippen LogP contribution in [0.5, 0.6) is 5.75 Å². The standard InChI is InChI=1S/C27H29FN6O5/c1-32(2)16-8-10-33(11-9-16)21-7-6-18-17(29-21)12-20(39-18)27(25(36)30-26(37)31-27)14-34-13-15-4-5-19(38-3)23(28)22(15)24(34)35/h4-7,12,16H,8-11,13-14H2,1-3H3,(H2,30,31,36,37)/t27-/m0/s1. The van der Waals surface area contributed by atoms with Gasteiger partial charge in [0.2, 0.25) is 0 Å². The van der Waals surface area contributed by atoms with E-state index in [1.165, 1.54) is 18.1 Å². The number of carbonyl (C=O) groups is 3. The molecule has 6 rings (SSSR count). The van der Waals surface area contributed by atoms with E-state index in [2.05, 4.69) is 34.5 Å². The molecule has 11 nitrogen and oxygen atoms in total. The summed E-state index contributed by atoms with van der Waals surface area (Å²) in [5.74, 6) is -1.14. The van der Waals surface area contributed by atoms with Crippen LogP contribution in [-0.4, -0.2) is 79.5 Å². The average molecular weight is 537 g/mol. The number of nitrogens with one attached hydrogen (secondary N) is 2. The van der Waals surface area contributed by atoms with Gasteiger partial charge in [-0.25, -0.2) is 14.2 Å². The number of rotatable bonds is 6. The Hall–Kier alpha value is -4.19. The van der Waals surface area contributed by atoms with Crippen molar-refractivity contribution >= 4 is 34.8 Å². The fourth-order valence-corrected chi connectivity index (χ4v) is 5.73. The second-order valence-electron chi connectivity index (χ2n) is 10.4. The summed E-state index contributed by atoms with van der Waals surface area (Å²) in [7, 11) is 5.50. The predicted octanol–water partition coefficient (Wildman–Crippen LogP) is 2.20. The number of piperidine rings is 1. The molecule has 12 heteroatoms. The molecule has 39 heavy (non-hydrogen) atoms. The van der Waals surface area contributed by atoms with Crippen LogP contribution in [0.15, 0.2) is 34.7 Å². The van der Waals surface area contributed by atoms with Crippen LogP contribution >= 0.6 is 0 Å². The summed E-state index contributed by atoms with van der Waals surface area (Å²) in [6.07, 6.45) is 2.05. The average Bonchev–Trinajstić information content (AvgIpc) is 3.57. The Morgan fingerprint density at radius 2 is 1.95 bits per heavy atom. The van der Waals surface area contributed by atoms with Gasteiger partial charge in [0.15, 0.2) is 22.7 Å². The van der Waals surface area contributed by atoms with Gasteiger partial charge in [0.25, 0.3) is 11.8 Å². The molecular weight excluding hydrogens is 507 g/mol. The lowest BCUT2D eigenvalue weighted by molar-refractivity contribution is -0.125. The fourth-order valence-electron chi connectivity index (χ4n) is 5.73. The van der Waals surface area contributed by atoms with Crippen LogP contribution in [0, 0.1) is 5.82 Å². The monoisotopic (exact) mass is 536 g/mol. The maximum Gasteiger partial charge on any atom is 0.322 e. The topological polar surface area (TPSA) is 120 Å². The number of hydrogen-bond donors (Lipinski definition) is 2. The van der Waals surface area contributed by atoms with Gasteiger partial charge in [-0.05, 0) is 50.7 Å². The minimum Gasteiger partial charge on any atom is -0.494 e. The molecule has 2 fully saturated rings. The van der Waals surface area contributed by atoms with Gasteiger partial charge in [0, 0.05) is 31.7 Å². The lowest BCUT2D eigenvalue weighted by atomic mass is 9.95. The molecule has 0 aliphatic carbocycles. The number of furan rings is 1. The molecule has 4 amide bonds. The largest absolute Gasteiger partial charge is 0.494 e. The molecule has 0 spiro atoms. The lowest BCUT2D eigenvalue weighted by Crippen LogP contribution is -2.52. The van der Waals surface area contributed by atoms with E-state index in [0.717, 1.165) is 31.7 Å². The van der Waals surface area contributed by atoms with Gasteiger partial charge < -0.3 is 29.2 Å². The highest BCUT2D eigenvalue weighted by Crippen LogP contribution is 2.36. The van der Waals surface area contributed by atoms with E-state index in [1.54, 1.807) is 18.2 Å². The van der Waals surface area contributed by atoms with E-state index in [4.69, 9.17) is 14.1 Å². The Balaban J connectivity index is 1.31. The first-order chi connectivity index (χ1) is 18.7. The van der Waals surface area contributed by atoms with Crippen molar-refractivity contribution in [3.05, 3.63) is 53.0 Å². The van der Waals surface area contributed by atoms with Crippen LogP contribution in [0.1, 0.15) is 34.5 Å². The number of hydrogen-bond acceptors (Lipinski definition) is 8. The van der Waals surface area contributed by atoms with Crippen molar-refractivity contribution in [2.75, 3.05) is 45.7 Å². The van der Waals surface area contributed by atoms with E-state index >= 15 is 0 Å². The number of benzene rings is 1. The first kappa shape index (κ1) is 25.1. The summed E-state index contributed by atoms with van der Waals surface area (Å²) < 4.78 is 26.0. The minimum atomic E-state index is -1.71. The number of imide groups is 1. The number of pyridine rings is 1. The summed E-state index contributed by atoms with van der Waals surface area (Å²) in [4.78, 5) is 49.3. The Bertz CT molecular complexity index is 1500. The lowest BCUT2D eigenvalue weighted by Gasteiger charge is -2.35. The molecule has 0 radical (unpaired) electrons. The van der Waals surface area contributed by atoms with Crippen molar-refractivity contribution in [3.63, 3.8) is 0 Å². The van der Waals surface area contributed by atoms with Gasteiger partial charge in [-0.15, -0.1) is 0 Å². The van der Waals surface area contributed by atoms with Crippen LogP contribution < -0.4 is 20.3 Å². The van der Waals surface area contributed by atoms with Crippen molar-refractivity contribution in [1.29, 1.82) is 0 Å². The highest BCUT2D eigenvalue weighted by Gasteiger charge is 2.53. The van der Waals surface area contributed by atoms with E-state index in [1.807, 2.05) is 6.07 Å². The first-order valence-electron chi connectivity index (χ1n) is 12.8. The number of amides is 4. The second-order valence-corrected chi connectivity index (χ2v) is 10.4. The van der Waals surface area contributed by atoms with Gasteiger partial charge >= 0.3 is 6.03 Å². The van der Waals surface area contributed by atoms with E-state index in [-0.39, 0.29) is 30.2 Å². The third kappa shape index (κ3) is 4.06. The second kappa shape index (κ2) is 9.23. The summed E-state index contributed by atoms with van der Waals surface area (Å²) in [5, 5.41) is 4.90. The number of methoxy groups -OCH3 is 1. The molecule has 3 aromatic rings. The molecule has 2 N–H and O–H groups in total. The van der Waals surface area contributed by atoms with Crippen LogP contribution in [0.4, 0.5) is 15.0 Å². The van der Waals surface area contributed by atoms with Gasteiger partial charge in [0.1, 0.15) is 17.1 Å². The molecule has 5 heterocycles. The molecule has 2 aromatic heterocycles. The normalized spacial score (nSPS) is 21.6. The number of carbonyl (C=O) groups excluding carboxylic acids is 3. The summed E-state index contributed by atoms with van der Waals surface area (Å²) in [6.45, 7) is 1.54. The van der Waals surface area contributed by atoms with Gasteiger partial charge in [-0.2, -0.15) is 0 Å².